The molecule has 2 aromatic rings. The maximum Gasteiger partial charge on any atom is 0.303 e. The van der Waals surface area contributed by atoms with Gasteiger partial charge in [-0.1, -0.05) is 17.7 Å². The van der Waals surface area contributed by atoms with Crippen LogP contribution in [0.4, 0.5) is 0 Å². The van der Waals surface area contributed by atoms with Crippen molar-refractivity contribution in [3.05, 3.63) is 41.6 Å². The van der Waals surface area contributed by atoms with E-state index < -0.39 is 12.0 Å². The Labute approximate surface area is 127 Å². The lowest BCUT2D eigenvalue weighted by molar-refractivity contribution is -0.137. The van der Waals surface area contributed by atoms with Crippen molar-refractivity contribution in [2.75, 3.05) is 0 Å². The van der Waals surface area contributed by atoms with Crippen molar-refractivity contribution in [2.45, 2.75) is 32.4 Å². The molecule has 6 N–H and O–H groups in total. The first-order valence-corrected chi connectivity index (χ1v) is 6.67. The first-order chi connectivity index (χ1) is 10.4. The molecule has 0 saturated carbocycles. The highest BCUT2D eigenvalue weighted by Crippen LogP contribution is 2.13. The molecule has 0 aliphatic heterocycles. The molecule has 1 atom stereocenters. The fourth-order valence-corrected chi connectivity index (χ4v) is 1.45. The number of aromatic nitrogens is 2. The third kappa shape index (κ3) is 6.33. The third-order valence-corrected chi connectivity index (χ3v) is 2.68. The first-order valence-electron chi connectivity index (χ1n) is 6.67. The molecule has 0 aliphatic carbocycles. The van der Waals surface area contributed by atoms with E-state index in [0.717, 1.165) is 0 Å². The second-order valence-corrected chi connectivity index (χ2v) is 4.61. The molecule has 120 valence electrons. The van der Waals surface area contributed by atoms with E-state index in [1.807, 2.05) is 19.1 Å². The van der Waals surface area contributed by atoms with Crippen LogP contribution >= 0.6 is 0 Å². The van der Waals surface area contributed by atoms with Crippen molar-refractivity contribution >= 4 is 5.97 Å². The Kier molecular flexibility index (Phi) is 7.00. The number of carboxylic acids is 1. The lowest BCUT2D eigenvalue weighted by Crippen LogP contribution is -2.12. The van der Waals surface area contributed by atoms with Crippen LogP contribution in [-0.2, 0) is 11.3 Å². The van der Waals surface area contributed by atoms with Crippen LogP contribution in [0.3, 0.4) is 0 Å². The monoisotopic (exact) mass is 308 g/mol. The van der Waals surface area contributed by atoms with Gasteiger partial charge in [0.05, 0.1) is 12.6 Å². The number of nitrogens with zero attached hydrogens (tertiary/aromatic N) is 2. The summed E-state index contributed by atoms with van der Waals surface area (Å²) >= 11 is 0. The summed E-state index contributed by atoms with van der Waals surface area (Å²) in [5.74, 6) is -0.0490. The molecule has 0 fully saturated rings. The number of phenolic OH excluding ortho intramolecular Hbond substituents is 1. The minimum absolute atomic E-state index is 0.0263. The van der Waals surface area contributed by atoms with E-state index in [0.29, 0.717) is 11.6 Å². The summed E-state index contributed by atoms with van der Waals surface area (Å²) in [6.45, 7) is 2.14. The zero-order valence-corrected chi connectivity index (χ0v) is 12.3. The molecule has 1 heterocycles. The molecule has 0 amide bonds. The van der Waals surface area contributed by atoms with Crippen molar-refractivity contribution in [3.8, 4) is 5.75 Å². The number of hydrogen-bond acceptors (Lipinski definition) is 7. The summed E-state index contributed by atoms with van der Waals surface area (Å²) in [7, 11) is 0. The van der Waals surface area contributed by atoms with Gasteiger partial charge in [-0.25, -0.2) is 0 Å². The molecule has 2 rings (SSSR count). The Balaban J connectivity index is 0.000000255. The van der Waals surface area contributed by atoms with E-state index >= 15 is 0 Å². The maximum absolute atomic E-state index is 10.3. The number of aryl methyl sites for hydroxylation is 1. The highest BCUT2D eigenvalue weighted by molar-refractivity contribution is 5.66. The minimum atomic E-state index is -0.904. The van der Waals surface area contributed by atoms with Gasteiger partial charge in [0.25, 0.3) is 0 Å². The van der Waals surface area contributed by atoms with Crippen LogP contribution in [0.5, 0.6) is 5.75 Å². The highest BCUT2D eigenvalue weighted by atomic mass is 16.4. The number of rotatable bonds is 5. The van der Waals surface area contributed by atoms with Crippen LogP contribution in [0.15, 0.2) is 28.7 Å². The quantitative estimate of drug-likeness (QED) is 0.641. The van der Waals surface area contributed by atoms with Crippen molar-refractivity contribution in [3.63, 3.8) is 0 Å². The molecule has 0 bridgehead atoms. The van der Waals surface area contributed by atoms with Gasteiger partial charge in [0, 0.05) is 6.42 Å². The molecule has 0 saturated heterocycles. The SMILES string of the molecule is Cc1ccc(O)cc1.NCc1nnc(C(N)CCC(=O)O)o1. The molecule has 0 aliphatic rings. The van der Waals surface area contributed by atoms with Gasteiger partial charge in [0.1, 0.15) is 5.75 Å². The Bertz CT molecular complexity index is 562. The summed E-state index contributed by atoms with van der Waals surface area (Å²) in [6.07, 6.45) is 0.239. The zero-order valence-electron chi connectivity index (χ0n) is 12.3. The molecular formula is C14H20N4O4. The van der Waals surface area contributed by atoms with Crippen molar-refractivity contribution in [1.82, 2.24) is 10.2 Å². The van der Waals surface area contributed by atoms with Crippen LogP contribution in [-0.4, -0.2) is 26.4 Å². The number of carbonyl (C=O) groups is 1. The van der Waals surface area contributed by atoms with Crippen LogP contribution in [0.2, 0.25) is 0 Å². The summed E-state index contributed by atoms with van der Waals surface area (Å²) in [5.41, 5.74) is 12.0. The molecule has 1 aromatic heterocycles. The Morgan fingerprint density at radius 3 is 2.41 bits per heavy atom. The smallest absolute Gasteiger partial charge is 0.303 e. The molecular weight excluding hydrogens is 288 g/mol. The number of aliphatic carboxylic acids is 1. The van der Waals surface area contributed by atoms with Crippen molar-refractivity contribution in [2.24, 2.45) is 11.5 Å². The first kappa shape index (κ1) is 17.6. The topological polar surface area (TPSA) is 148 Å². The lowest BCUT2D eigenvalue weighted by atomic mass is 10.2. The molecule has 1 aromatic carbocycles. The summed E-state index contributed by atoms with van der Waals surface area (Å²) in [5, 5.41) is 24.4. The van der Waals surface area contributed by atoms with Crippen molar-refractivity contribution in [1.29, 1.82) is 0 Å². The van der Waals surface area contributed by atoms with Crippen LogP contribution in [0.25, 0.3) is 0 Å². The molecule has 1 unspecified atom stereocenters. The maximum atomic E-state index is 10.3. The minimum Gasteiger partial charge on any atom is -0.508 e. The van der Waals surface area contributed by atoms with Gasteiger partial charge in [-0.05, 0) is 25.5 Å². The predicted molar refractivity (Wildman–Crippen MR) is 78.8 cm³/mol. The number of aromatic hydroxyl groups is 1. The van der Waals surface area contributed by atoms with Crippen molar-refractivity contribution < 1.29 is 19.4 Å². The Hall–Kier alpha value is -2.45. The van der Waals surface area contributed by atoms with E-state index in [2.05, 4.69) is 10.2 Å². The number of benzene rings is 1. The second-order valence-electron chi connectivity index (χ2n) is 4.61. The largest absolute Gasteiger partial charge is 0.508 e. The number of carboxylic acid groups (broad SMARTS) is 1. The fourth-order valence-electron chi connectivity index (χ4n) is 1.45. The van der Waals surface area contributed by atoms with Gasteiger partial charge < -0.3 is 26.1 Å². The fraction of sp³-hybridized carbons (Fsp3) is 0.357. The van der Waals surface area contributed by atoms with E-state index in [4.69, 9.17) is 26.1 Å². The molecule has 0 radical (unpaired) electrons. The number of hydrogen-bond donors (Lipinski definition) is 4. The Morgan fingerprint density at radius 1 is 1.32 bits per heavy atom. The molecule has 8 nitrogen and oxygen atoms in total. The van der Waals surface area contributed by atoms with Crippen LogP contribution in [0, 0.1) is 6.92 Å². The van der Waals surface area contributed by atoms with Crippen LogP contribution in [0.1, 0.15) is 36.2 Å². The summed E-state index contributed by atoms with van der Waals surface area (Å²) < 4.78 is 5.06. The van der Waals surface area contributed by atoms with Gasteiger partial charge in [-0.3, -0.25) is 4.79 Å². The number of nitrogens with two attached hydrogens (primary N) is 2. The predicted octanol–water partition coefficient (Wildman–Crippen LogP) is 1.09. The molecule has 8 heteroatoms. The van der Waals surface area contributed by atoms with E-state index in [1.54, 1.807) is 12.1 Å². The van der Waals surface area contributed by atoms with E-state index in [1.165, 1.54) is 5.56 Å². The van der Waals surface area contributed by atoms with Gasteiger partial charge in [0.15, 0.2) is 0 Å². The molecule has 22 heavy (non-hydrogen) atoms. The number of phenols is 1. The second kappa shape index (κ2) is 8.75. The van der Waals surface area contributed by atoms with E-state index in [-0.39, 0.29) is 25.3 Å². The third-order valence-electron chi connectivity index (χ3n) is 2.68. The van der Waals surface area contributed by atoms with Gasteiger partial charge in [0.2, 0.25) is 11.8 Å². The Morgan fingerprint density at radius 2 is 1.95 bits per heavy atom. The summed E-state index contributed by atoms with van der Waals surface area (Å²) in [6, 6.07) is 6.55. The van der Waals surface area contributed by atoms with Gasteiger partial charge in [-0.2, -0.15) is 0 Å². The van der Waals surface area contributed by atoms with E-state index in [9.17, 15) is 4.79 Å². The average molecular weight is 308 g/mol. The average Bonchev–Trinajstić information content (AvgIpc) is 2.97. The zero-order chi connectivity index (χ0) is 16.5. The highest BCUT2D eigenvalue weighted by Gasteiger charge is 2.14. The van der Waals surface area contributed by atoms with Crippen LogP contribution < -0.4 is 11.5 Å². The lowest BCUT2D eigenvalue weighted by Gasteiger charge is -2.03. The normalized spacial score (nSPS) is 11.4. The standard InChI is InChI=1S/C7H12N4O3.C7H8O/c8-3-5-10-11-7(14-5)4(9)1-2-6(12)13;1-6-2-4-7(8)5-3-6/h4H,1-3,8-9H2,(H,12,13);2-5,8H,1H3. The van der Waals surface area contributed by atoms with Gasteiger partial charge in [-0.15, -0.1) is 10.2 Å². The summed E-state index contributed by atoms with van der Waals surface area (Å²) in [4.78, 5) is 10.3. The van der Waals surface area contributed by atoms with Gasteiger partial charge >= 0.3 is 5.97 Å². The molecule has 0 spiro atoms.